The van der Waals surface area contributed by atoms with Crippen molar-refractivity contribution in [3.63, 3.8) is 0 Å². The second-order valence-electron chi connectivity index (χ2n) is 4.20. The second-order valence-corrected chi connectivity index (χ2v) is 4.20. The van der Waals surface area contributed by atoms with Crippen LogP contribution in [-0.4, -0.2) is 18.7 Å². The molecule has 5 heteroatoms. The summed E-state index contributed by atoms with van der Waals surface area (Å²) in [6.07, 6.45) is 1.77. The van der Waals surface area contributed by atoms with Crippen LogP contribution in [0.2, 0.25) is 0 Å². The first-order valence-electron chi connectivity index (χ1n) is 6.19. The summed E-state index contributed by atoms with van der Waals surface area (Å²) < 4.78 is 10.4. The minimum absolute atomic E-state index is 0.207. The highest BCUT2D eigenvalue weighted by molar-refractivity contribution is 5.96. The number of nitrogens with one attached hydrogen (secondary N) is 1. The van der Waals surface area contributed by atoms with E-state index in [0.717, 1.165) is 5.56 Å². The van der Waals surface area contributed by atoms with Crippen molar-refractivity contribution in [2.24, 2.45) is 5.10 Å². The van der Waals surface area contributed by atoms with Crippen LogP contribution in [0.15, 0.2) is 52.2 Å². The van der Waals surface area contributed by atoms with Gasteiger partial charge in [-0.1, -0.05) is 18.2 Å². The first-order chi connectivity index (χ1) is 9.70. The van der Waals surface area contributed by atoms with Gasteiger partial charge in [-0.15, -0.1) is 0 Å². The molecule has 0 atom stereocenters. The van der Waals surface area contributed by atoms with E-state index in [2.05, 4.69) is 10.5 Å². The number of benzene rings is 1. The molecule has 1 heterocycles. The molecule has 20 heavy (non-hydrogen) atoms. The van der Waals surface area contributed by atoms with E-state index in [0.29, 0.717) is 17.2 Å². The Morgan fingerprint density at radius 3 is 2.80 bits per heavy atom. The maximum atomic E-state index is 11.9. The quantitative estimate of drug-likeness (QED) is 0.671. The number of hydrazone groups is 1. The number of methoxy groups -OCH3 is 1. The Labute approximate surface area is 117 Å². The predicted molar refractivity (Wildman–Crippen MR) is 75.8 cm³/mol. The van der Waals surface area contributed by atoms with Crippen LogP contribution in [0.25, 0.3) is 0 Å². The smallest absolute Gasteiger partial charge is 0.244 e. The third kappa shape index (κ3) is 3.47. The molecule has 104 valence electrons. The zero-order valence-electron chi connectivity index (χ0n) is 11.4. The molecule has 0 aliphatic heterocycles. The molecule has 0 aliphatic carbocycles. The van der Waals surface area contributed by atoms with E-state index in [-0.39, 0.29) is 12.3 Å². The van der Waals surface area contributed by atoms with Crippen molar-refractivity contribution in [3.05, 3.63) is 54.0 Å². The average Bonchev–Trinajstić information content (AvgIpc) is 2.99. The van der Waals surface area contributed by atoms with E-state index in [4.69, 9.17) is 9.15 Å². The number of carbonyl (C=O) groups is 1. The minimum Gasteiger partial charge on any atom is -0.496 e. The maximum Gasteiger partial charge on any atom is 0.244 e. The van der Waals surface area contributed by atoms with Crippen molar-refractivity contribution >= 4 is 11.6 Å². The van der Waals surface area contributed by atoms with Gasteiger partial charge >= 0.3 is 0 Å². The van der Waals surface area contributed by atoms with Gasteiger partial charge < -0.3 is 9.15 Å². The number of ether oxygens (including phenoxy) is 1. The van der Waals surface area contributed by atoms with Gasteiger partial charge in [-0.3, -0.25) is 4.79 Å². The van der Waals surface area contributed by atoms with E-state index in [1.807, 2.05) is 24.3 Å². The van der Waals surface area contributed by atoms with Gasteiger partial charge in [0, 0.05) is 5.56 Å². The molecule has 0 bridgehead atoms. The van der Waals surface area contributed by atoms with Crippen LogP contribution >= 0.6 is 0 Å². The van der Waals surface area contributed by atoms with Crippen molar-refractivity contribution < 1.29 is 13.9 Å². The lowest BCUT2D eigenvalue weighted by Crippen LogP contribution is -2.21. The van der Waals surface area contributed by atoms with Gasteiger partial charge in [0.25, 0.3) is 0 Å². The Bertz CT molecular complexity index is 603. The number of furan rings is 1. The maximum absolute atomic E-state index is 11.9. The highest BCUT2D eigenvalue weighted by Gasteiger charge is 2.08. The van der Waals surface area contributed by atoms with Crippen LogP contribution in [0.1, 0.15) is 18.2 Å². The molecular weight excluding hydrogens is 256 g/mol. The molecule has 0 fully saturated rings. The van der Waals surface area contributed by atoms with Crippen molar-refractivity contribution in [3.8, 4) is 5.75 Å². The summed E-state index contributed by atoms with van der Waals surface area (Å²) >= 11 is 0. The summed E-state index contributed by atoms with van der Waals surface area (Å²) in [5.41, 5.74) is 3.94. The Morgan fingerprint density at radius 2 is 2.10 bits per heavy atom. The number of rotatable bonds is 5. The van der Waals surface area contributed by atoms with E-state index < -0.39 is 0 Å². The average molecular weight is 272 g/mol. The monoisotopic (exact) mass is 272 g/mol. The fourth-order valence-electron chi connectivity index (χ4n) is 1.75. The summed E-state index contributed by atoms with van der Waals surface area (Å²) in [4.78, 5) is 11.9. The third-order valence-electron chi connectivity index (χ3n) is 2.77. The molecule has 2 rings (SSSR count). The summed E-state index contributed by atoms with van der Waals surface area (Å²) in [6.45, 7) is 1.77. The van der Waals surface area contributed by atoms with Crippen LogP contribution in [0.4, 0.5) is 0 Å². The molecule has 2 aromatic rings. The fraction of sp³-hybridized carbons (Fsp3) is 0.200. The number of para-hydroxylation sites is 1. The zero-order chi connectivity index (χ0) is 14.4. The molecule has 1 amide bonds. The molecule has 0 radical (unpaired) electrons. The second kappa shape index (κ2) is 6.56. The van der Waals surface area contributed by atoms with Crippen molar-refractivity contribution in [1.82, 2.24) is 5.43 Å². The van der Waals surface area contributed by atoms with Gasteiger partial charge in [0.15, 0.2) is 0 Å². The first kappa shape index (κ1) is 13.9. The highest BCUT2D eigenvalue weighted by Crippen LogP contribution is 2.17. The van der Waals surface area contributed by atoms with Gasteiger partial charge in [0.05, 0.1) is 19.8 Å². The van der Waals surface area contributed by atoms with Crippen LogP contribution in [0, 0.1) is 0 Å². The lowest BCUT2D eigenvalue weighted by molar-refractivity contribution is -0.120. The van der Waals surface area contributed by atoms with Crippen molar-refractivity contribution in [1.29, 1.82) is 0 Å². The largest absolute Gasteiger partial charge is 0.496 e. The molecule has 0 unspecified atom stereocenters. The van der Waals surface area contributed by atoms with Crippen LogP contribution in [-0.2, 0) is 11.2 Å². The van der Waals surface area contributed by atoms with Crippen LogP contribution < -0.4 is 10.2 Å². The molecule has 1 aromatic heterocycles. The number of carbonyl (C=O) groups excluding carboxylic acids is 1. The third-order valence-corrected chi connectivity index (χ3v) is 2.77. The zero-order valence-corrected chi connectivity index (χ0v) is 11.4. The normalized spacial score (nSPS) is 11.2. The number of nitrogens with zero attached hydrogens (tertiary/aromatic N) is 1. The molecule has 5 nitrogen and oxygen atoms in total. The van der Waals surface area contributed by atoms with E-state index in [1.165, 1.54) is 0 Å². The Hall–Kier alpha value is -2.56. The summed E-state index contributed by atoms with van der Waals surface area (Å²) in [5, 5.41) is 4.00. The van der Waals surface area contributed by atoms with Crippen molar-refractivity contribution in [2.45, 2.75) is 13.3 Å². The first-order valence-corrected chi connectivity index (χ1v) is 6.19. The van der Waals surface area contributed by atoms with Crippen LogP contribution in [0.5, 0.6) is 5.75 Å². The van der Waals surface area contributed by atoms with Gasteiger partial charge in [-0.25, -0.2) is 5.43 Å². The molecular formula is C15H16N2O3. The van der Waals surface area contributed by atoms with E-state index in [9.17, 15) is 4.79 Å². The summed E-state index contributed by atoms with van der Waals surface area (Å²) in [5.74, 6) is 1.11. The molecule has 0 saturated heterocycles. The fourth-order valence-corrected chi connectivity index (χ4v) is 1.75. The van der Waals surface area contributed by atoms with Gasteiger partial charge in [0.2, 0.25) is 5.91 Å². The Balaban J connectivity index is 1.98. The molecule has 0 spiro atoms. The van der Waals surface area contributed by atoms with E-state index >= 15 is 0 Å². The minimum atomic E-state index is -0.208. The number of amides is 1. The number of hydrogen-bond donors (Lipinski definition) is 1. The predicted octanol–water partition coefficient (Wildman–Crippen LogP) is 2.37. The Morgan fingerprint density at radius 1 is 1.30 bits per heavy atom. The summed E-state index contributed by atoms with van der Waals surface area (Å²) in [7, 11) is 1.58. The lowest BCUT2D eigenvalue weighted by atomic mass is 10.1. The van der Waals surface area contributed by atoms with Crippen LogP contribution in [0.3, 0.4) is 0 Å². The molecule has 0 saturated carbocycles. The van der Waals surface area contributed by atoms with E-state index in [1.54, 1.807) is 32.4 Å². The molecule has 1 aromatic carbocycles. The highest BCUT2D eigenvalue weighted by atomic mass is 16.5. The van der Waals surface area contributed by atoms with Crippen molar-refractivity contribution in [2.75, 3.05) is 7.11 Å². The van der Waals surface area contributed by atoms with Gasteiger partial charge in [-0.2, -0.15) is 5.10 Å². The molecule has 0 aliphatic rings. The Kier molecular flexibility index (Phi) is 4.55. The number of hydrogen-bond acceptors (Lipinski definition) is 4. The topological polar surface area (TPSA) is 63.8 Å². The van der Waals surface area contributed by atoms with Gasteiger partial charge in [0.1, 0.15) is 17.2 Å². The SMILES string of the molecule is COc1ccccc1CC(=O)N/N=C(\C)c1ccco1. The standard InChI is InChI=1S/C15H16N2O3/c1-11(13-8-5-9-20-13)16-17-15(18)10-12-6-3-4-7-14(12)19-2/h3-9H,10H2,1-2H3,(H,17,18)/b16-11+. The summed E-state index contributed by atoms with van der Waals surface area (Å²) in [6, 6.07) is 10.9. The van der Waals surface area contributed by atoms with Gasteiger partial charge in [-0.05, 0) is 25.1 Å². The molecule has 1 N–H and O–H groups in total. The lowest BCUT2D eigenvalue weighted by Gasteiger charge is -2.07.